The second-order valence-electron chi connectivity index (χ2n) is 12.2. The number of halogens is 1. The van der Waals surface area contributed by atoms with Crippen molar-refractivity contribution < 1.29 is 24.3 Å². The first-order chi connectivity index (χ1) is 22.3. The Morgan fingerprint density at radius 1 is 0.783 bits per heavy atom. The maximum absolute atomic E-state index is 14.3. The van der Waals surface area contributed by atoms with E-state index in [0.29, 0.717) is 28.8 Å². The smallest absolute Gasteiger partial charge is 0.238 e. The lowest BCUT2D eigenvalue weighted by Gasteiger charge is -2.42. The Labute approximate surface area is 273 Å². The molecule has 0 spiro atoms. The number of fused-ring (bicyclic) bond motifs is 4. The Morgan fingerprint density at radius 3 is 2.28 bits per heavy atom. The van der Waals surface area contributed by atoms with Crippen molar-refractivity contribution in [3.63, 3.8) is 0 Å². The SMILES string of the molecule is O=C1C=C(Br)C(=O)C2=C1C(c1c(O)ccc3ccccc13)C1=CCC3C(=O)N(c4ccc(Nc5ccccc5)cc4)C(=O)C3C1C2. The molecular formula is C38H27BrN2O5. The molecule has 4 aromatic rings. The maximum atomic E-state index is 14.3. The number of rotatable bonds is 4. The number of hydrogen-bond acceptors (Lipinski definition) is 6. The van der Waals surface area contributed by atoms with Gasteiger partial charge in [0.15, 0.2) is 11.6 Å². The van der Waals surface area contributed by atoms with Crippen molar-refractivity contribution in [1.29, 1.82) is 0 Å². The zero-order chi connectivity index (χ0) is 31.7. The molecule has 1 saturated heterocycles. The van der Waals surface area contributed by atoms with Crippen LogP contribution in [0.2, 0.25) is 0 Å². The fraction of sp³-hybridized carbons (Fsp3) is 0.158. The molecule has 2 amide bonds. The van der Waals surface area contributed by atoms with Crippen LogP contribution in [0.15, 0.2) is 124 Å². The van der Waals surface area contributed by atoms with Crippen LogP contribution in [-0.4, -0.2) is 28.5 Å². The van der Waals surface area contributed by atoms with Gasteiger partial charge in [0.2, 0.25) is 11.8 Å². The molecule has 1 aliphatic heterocycles. The number of benzene rings is 4. The van der Waals surface area contributed by atoms with Crippen molar-refractivity contribution >= 4 is 67.1 Å². The van der Waals surface area contributed by atoms with Crippen molar-refractivity contribution in [2.45, 2.75) is 18.8 Å². The summed E-state index contributed by atoms with van der Waals surface area (Å²) in [5.74, 6) is -3.75. The van der Waals surface area contributed by atoms with Crippen molar-refractivity contribution in [2.24, 2.45) is 17.8 Å². The zero-order valence-electron chi connectivity index (χ0n) is 24.4. The molecule has 0 aromatic heterocycles. The summed E-state index contributed by atoms with van der Waals surface area (Å²) in [5, 5.41) is 16.3. The molecule has 0 bridgehead atoms. The minimum atomic E-state index is -0.741. The van der Waals surface area contributed by atoms with Crippen molar-refractivity contribution in [2.75, 3.05) is 10.2 Å². The molecule has 1 fully saturated rings. The van der Waals surface area contributed by atoms with Crippen molar-refractivity contribution in [1.82, 2.24) is 0 Å². The van der Waals surface area contributed by atoms with Crippen LogP contribution in [0.5, 0.6) is 5.75 Å². The Balaban J connectivity index is 1.20. The van der Waals surface area contributed by atoms with Crippen molar-refractivity contribution in [3.8, 4) is 5.75 Å². The van der Waals surface area contributed by atoms with Crippen LogP contribution in [0.1, 0.15) is 24.3 Å². The zero-order valence-corrected chi connectivity index (χ0v) is 26.0. The third-order valence-corrected chi connectivity index (χ3v) is 10.3. The number of phenols is 1. The van der Waals surface area contributed by atoms with Gasteiger partial charge in [0.05, 0.1) is 22.0 Å². The molecule has 4 atom stereocenters. The van der Waals surface area contributed by atoms with Crippen LogP contribution in [0.3, 0.4) is 0 Å². The number of hydrogen-bond donors (Lipinski definition) is 2. The number of carbonyl (C=O) groups is 4. The van der Waals surface area contributed by atoms with Crippen LogP contribution < -0.4 is 10.2 Å². The predicted molar refractivity (Wildman–Crippen MR) is 179 cm³/mol. The summed E-state index contributed by atoms with van der Waals surface area (Å²) in [6, 6.07) is 27.9. The van der Waals surface area contributed by atoms with Crippen LogP contribution in [0.4, 0.5) is 17.1 Å². The number of aromatic hydroxyl groups is 1. The molecule has 0 radical (unpaired) electrons. The van der Waals surface area contributed by atoms with Crippen LogP contribution >= 0.6 is 15.9 Å². The van der Waals surface area contributed by atoms with E-state index in [1.165, 1.54) is 11.0 Å². The summed E-state index contributed by atoms with van der Waals surface area (Å²) in [5.41, 5.74) is 4.21. The highest BCUT2D eigenvalue weighted by atomic mass is 79.9. The predicted octanol–water partition coefficient (Wildman–Crippen LogP) is 7.26. The molecular weight excluding hydrogens is 644 g/mol. The van der Waals surface area contributed by atoms with E-state index in [4.69, 9.17) is 0 Å². The Bertz CT molecular complexity index is 2100. The summed E-state index contributed by atoms with van der Waals surface area (Å²) in [6.45, 7) is 0. The molecule has 2 N–H and O–H groups in total. The fourth-order valence-electron chi connectivity index (χ4n) is 7.76. The maximum Gasteiger partial charge on any atom is 0.238 e. The highest BCUT2D eigenvalue weighted by Gasteiger charge is 2.57. The molecule has 7 nitrogen and oxygen atoms in total. The van der Waals surface area contributed by atoms with Crippen molar-refractivity contribution in [3.05, 3.63) is 130 Å². The van der Waals surface area contributed by atoms with Gasteiger partial charge in [0, 0.05) is 40.1 Å². The molecule has 8 heteroatoms. The standard InChI is InChI=1S/C38H27BrN2O5/c39-29-19-31(43)34-28(36(29)44)18-27-25(35(34)33-24-9-5-4-6-20(24)10-17-30(33)42)15-16-26-32(27)38(46)41(37(26)45)23-13-11-22(12-14-23)40-21-7-2-1-3-8-21/h1-15,17,19,26-27,32,35,40,42H,16,18H2. The van der Waals surface area contributed by atoms with E-state index in [-0.39, 0.29) is 40.0 Å². The van der Waals surface area contributed by atoms with Crippen LogP contribution in [0, 0.1) is 17.8 Å². The van der Waals surface area contributed by atoms with E-state index in [2.05, 4.69) is 21.2 Å². The average Bonchev–Trinajstić information content (AvgIpc) is 3.33. The topological polar surface area (TPSA) is 104 Å². The van der Waals surface area contributed by atoms with Gasteiger partial charge in [0.25, 0.3) is 0 Å². The molecule has 4 aromatic carbocycles. The summed E-state index contributed by atoms with van der Waals surface area (Å²) >= 11 is 3.28. The first-order valence-electron chi connectivity index (χ1n) is 15.2. The highest BCUT2D eigenvalue weighted by Crippen LogP contribution is 2.57. The Kier molecular flexibility index (Phi) is 6.65. The molecule has 3 aliphatic carbocycles. The number of ketones is 2. The van der Waals surface area contributed by atoms with Gasteiger partial charge in [0.1, 0.15) is 5.75 Å². The molecule has 1 heterocycles. The number of nitrogens with one attached hydrogen (secondary N) is 1. The van der Waals surface area contributed by atoms with Gasteiger partial charge in [-0.2, -0.15) is 0 Å². The van der Waals surface area contributed by atoms with E-state index in [9.17, 15) is 24.3 Å². The number of anilines is 3. The molecule has 8 rings (SSSR count). The fourth-order valence-corrected chi connectivity index (χ4v) is 8.21. The van der Waals surface area contributed by atoms with E-state index >= 15 is 0 Å². The Morgan fingerprint density at radius 2 is 1.50 bits per heavy atom. The number of amides is 2. The summed E-state index contributed by atoms with van der Waals surface area (Å²) in [6.07, 6.45) is 3.74. The molecule has 46 heavy (non-hydrogen) atoms. The number of allylic oxidation sites excluding steroid dienone is 6. The minimum absolute atomic E-state index is 0.00717. The number of nitrogens with zero attached hydrogens (tertiary/aromatic N) is 1. The summed E-state index contributed by atoms with van der Waals surface area (Å²) in [7, 11) is 0. The van der Waals surface area contributed by atoms with Crippen LogP contribution in [-0.2, 0) is 19.2 Å². The number of para-hydroxylation sites is 1. The van der Waals surface area contributed by atoms with Crippen LogP contribution in [0.25, 0.3) is 10.8 Å². The average molecular weight is 672 g/mol. The first-order valence-corrected chi connectivity index (χ1v) is 16.0. The van der Waals surface area contributed by atoms with E-state index in [1.807, 2.05) is 78.9 Å². The van der Waals surface area contributed by atoms with E-state index in [1.54, 1.807) is 18.2 Å². The Hall–Kier alpha value is -5.08. The number of carbonyl (C=O) groups excluding carboxylic acids is 4. The van der Waals surface area contributed by atoms with Gasteiger partial charge in [-0.1, -0.05) is 60.2 Å². The minimum Gasteiger partial charge on any atom is -0.508 e. The quantitative estimate of drug-likeness (QED) is 0.135. The largest absolute Gasteiger partial charge is 0.508 e. The lowest BCUT2D eigenvalue weighted by molar-refractivity contribution is -0.123. The van der Waals surface area contributed by atoms with Gasteiger partial charge in [-0.05, 0) is 87.9 Å². The third-order valence-electron chi connectivity index (χ3n) is 9.76. The lowest BCUT2D eigenvalue weighted by Crippen LogP contribution is -2.39. The molecule has 0 saturated carbocycles. The normalized spacial score (nSPS) is 24.0. The summed E-state index contributed by atoms with van der Waals surface area (Å²) in [4.78, 5) is 56.7. The second kappa shape index (κ2) is 10.8. The molecule has 226 valence electrons. The lowest BCUT2D eigenvalue weighted by atomic mass is 9.59. The first kappa shape index (κ1) is 28.4. The number of imide groups is 1. The number of phenolic OH excluding ortho intramolecular Hbond substituents is 1. The van der Waals surface area contributed by atoms with Gasteiger partial charge in [-0.15, -0.1) is 0 Å². The van der Waals surface area contributed by atoms with Gasteiger partial charge < -0.3 is 10.4 Å². The molecule has 4 unspecified atom stereocenters. The third kappa shape index (κ3) is 4.31. The monoisotopic (exact) mass is 670 g/mol. The summed E-state index contributed by atoms with van der Waals surface area (Å²) < 4.78 is 0.164. The van der Waals surface area contributed by atoms with E-state index in [0.717, 1.165) is 27.7 Å². The van der Waals surface area contributed by atoms with Gasteiger partial charge in [-0.3, -0.25) is 24.1 Å². The van der Waals surface area contributed by atoms with Gasteiger partial charge in [-0.25, -0.2) is 0 Å². The van der Waals surface area contributed by atoms with E-state index < -0.39 is 23.7 Å². The molecule has 4 aliphatic rings. The number of Topliss-reactive ketones (excluding diaryl/α,β-unsaturated/α-hetero) is 1. The van der Waals surface area contributed by atoms with Gasteiger partial charge >= 0.3 is 0 Å². The highest BCUT2D eigenvalue weighted by molar-refractivity contribution is 9.12. The second-order valence-corrected chi connectivity index (χ2v) is 13.0.